The molecule has 0 saturated heterocycles. The minimum absolute atomic E-state index is 0.910. The molecule has 1 aromatic rings. The molecule has 0 saturated carbocycles. The number of nitrogens with zero attached hydrogens (tertiary/aromatic N) is 1. The molecule has 0 aliphatic carbocycles. The van der Waals surface area contributed by atoms with Crippen molar-refractivity contribution in [3.63, 3.8) is 0 Å². The van der Waals surface area contributed by atoms with Gasteiger partial charge in [-0.15, -0.1) is 12.6 Å². The van der Waals surface area contributed by atoms with Crippen molar-refractivity contribution in [2.45, 2.75) is 11.9 Å². The van der Waals surface area contributed by atoms with Gasteiger partial charge in [-0.05, 0) is 18.6 Å². The van der Waals surface area contributed by atoms with Crippen LogP contribution >= 0.6 is 25.4 Å². The quantitative estimate of drug-likeness (QED) is 0.513. The van der Waals surface area contributed by atoms with Gasteiger partial charge in [0.05, 0.1) is 5.03 Å². The fraction of sp³-hybridized carbons (Fsp3) is 0.200. The van der Waals surface area contributed by atoms with Crippen LogP contribution in [0.3, 0.4) is 0 Å². The van der Waals surface area contributed by atoms with Gasteiger partial charge in [0, 0.05) is 6.20 Å². The van der Waals surface area contributed by atoms with Crippen LogP contribution in [0.2, 0.25) is 0 Å². The van der Waals surface area contributed by atoms with Crippen molar-refractivity contribution in [2.75, 3.05) is 0 Å². The summed E-state index contributed by atoms with van der Waals surface area (Å²) in [6.07, 6.45) is 1.86. The highest BCUT2D eigenvalue weighted by Crippen LogP contribution is 2.13. The van der Waals surface area contributed by atoms with Crippen molar-refractivity contribution < 1.29 is 0 Å². The van der Waals surface area contributed by atoms with E-state index in [1.165, 1.54) is 0 Å². The second-order valence-corrected chi connectivity index (χ2v) is 2.52. The van der Waals surface area contributed by atoms with Crippen LogP contribution in [0.5, 0.6) is 0 Å². The van der Waals surface area contributed by atoms with Crippen LogP contribution in [-0.2, 0) is 0 Å². The van der Waals surface area contributed by atoms with Gasteiger partial charge in [-0.3, -0.25) is 3.97 Å². The standard InChI is InChI=1S/C5H7NS2/c1-4-2-3-6(8)5(4)7/h2-3,7-8H,1H3. The van der Waals surface area contributed by atoms with E-state index in [2.05, 4.69) is 25.4 Å². The SMILES string of the molecule is Cc1ccn(S)c1S. The van der Waals surface area contributed by atoms with E-state index in [9.17, 15) is 0 Å². The largest absolute Gasteiger partial charge is 0.288 e. The van der Waals surface area contributed by atoms with Crippen molar-refractivity contribution in [2.24, 2.45) is 0 Å². The Hall–Kier alpha value is -0.0200. The molecule has 0 aromatic carbocycles. The van der Waals surface area contributed by atoms with Gasteiger partial charge in [-0.25, -0.2) is 0 Å². The van der Waals surface area contributed by atoms with Crippen LogP contribution in [-0.4, -0.2) is 3.97 Å². The average molecular weight is 145 g/mol. The van der Waals surface area contributed by atoms with Crippen LogP contribution in [0.4, 0.5) is 0 Å². The van der Waals surface area contributed by atoms with Gasteiger partial charge in [-0.2, -0.15) is 0 Å². The van der Waals surface area contributed by atoms with Gasteiger partial charge in [0.2, 0.25) is 0 Å². The molecule has 0 aliphatic heterocycles. The van der Waals surface area contributed by atoms with E-state index in [1.54, 1.807) is 3.97 Å². The molecule has 1 rings (SSSR count). The molecule has 1 aromatic heterocycles. The first-order valence-corrected chi connectivity index (χ1v) is 3.12. The van der Waals surface area contributed by atoms with Gasteiger partial charge >= 0.3 is 0 Å². The molecular formula is C5H7NS2. The van der Waals surface area contributed by atoms with Gasteiger partial charge in [-0.1, -0.05) is 12.8 Å². The third-order valence-electron chi connectivity index (χ3n) is 1.04. The first-order chi connectivity index (χ1) is 3.72. The Morgan fingerprint density at radius 2 is 2.25 bits per heavy atom. The Morgan fingerprint density at radius 3 is 2.38 bits per heavy atom. The highest BCUT2D eigenvalue weighted by atomic mass is 32.1. The van der Waals surface area contributed by atoms with E-state index in [-0.39, 0.29) is 0 Å². The molecule has 0 unspecified atom stereocenters. The summed E-state index contributed by atoms with van der Waals surface area (Å²) >= 11 is 8.21. The van der Waals surface area contributed by atoms with E-state index in [1.807, 2.05) is 19.2 Å². The van der Waals surface area contributed by atoms with Crippen LogP contribution in [0.1, 0.15) is 5.56 Å². The molecule has 0 aliphatic rings. The maximum Gasteiger partial charge on any atom is 0.0848 e. The number of aryl methyl sites for hydroxylation is 1. The lowest BCUT2D eigenvalue weighted by molar-refractivity contribution is 1.10. The summed E-state index contributed by atoms with van der Waals surface area (Å²) in [5.74, 6) is 0. The lowest BCUT2D eigenvalue weighted by atomic mass is 10.4. The van der Waals surface area contributed by atoms with Crippen molar-refractivity contribution in [1.29, 1.82) is 0 Å². The normalized spacial score (nSPS) is 9.88. The predicted octanol–water partition coefficient (Wildman–Crippen LogP) is 1.78. The minimum Gasteiger partial charge on any atom is -0.288 e. The molecule has 0 fully saturated rings. The zero-order valence-corrected chi connectivity index (χ0v) is 6.29. The molecule has 1 nitrogen and oxygen atoms in total. The number of thiol groups is 2. The van der Waals surface area contributed by atoms with E-state index < -0.39 is 0 Å². The van der Waals surface area contributed by atoms with Gasteiger partial charge in [0.1, 0.15) is 0 Å². The molecule has 0 atom stereocenters. The van der Waals surface area contributed by atoms with Crippen LogP contribution in [0.25, 0.3) is 0 Å². The highest BCUT2D eigenvalue weighted by Gasteiger charge is 1.94. The fourth-order valence-electron chi connectivity index (χ4n) is 0.508. The Bertz CT molecular complexity index is 173. The second kappa shape index (κ2) is 2.07. The third kappa shape index (κ3) is 0.880. The Balaban J connectivity index is 3.19. The summed E-state index contributed by atoms with van der Waals surface area (Å²) in [6, 6.07) is 1.97. The topological polar surface area (TPSA) is 4.93 Å². The summed E-state index contributed by atoms with van der Waals surface area (Å²) in [7, 11) is 0. The third-order valence-corrected chi connectivity index (χ3v) is 2.09. The highest BCUT2D eigenvalue weighted by molar-refractivity contribution is 7.82. The molecule has 44 valence electrons. The van der Waals surface area contributed by atoms with Crippen molar-refractivity contribution in [3.8, 4) is 0 Å². The Kier molecular flexibility index (Phi) is 1.58. The van der Waals surface area contributed by atoms with Gasteiger partial charge in [0.25, 0.3) is 0 Å². The van der Waals surface area contributed by atoms with Crippen LogP contribution in [0.15, 0.2) is 17.3 Å². The number of aromatic nitrogens is 1. The molecule has 0 radical (unpaired) electrons. The number of hydrogen-bond donors (Lipinski definition) is 2. The summed E-state index contributed by atoms with van der Waals surface area (Å²) < 4.78 is 1.68. The smallest absolute Gasteiger partial charge is 0.0848 e. The van der Waals surface area contributed by atoms with Crippen LogP contribution in [0, 0.1) is 6.92 Å². The zero-order chi connectivity index (χ0) is 6.15. The van der Waals surface area contributed by atoms with E-state index >= 15 is 0 Å². The molecule has 0 amide bonds. The maximum atomic E-state index is 4.15. The van der Waals surface area contributed by atoms with Gasteiger partial charge in [0.15, 0.2) is 0 Å². The lowest BCUT2D eigenvalue weighted by Gasteiger charge is -1.90. The molecule has 0 spiro atoms. The zero-order valence-electron chi connectivity index (χ0n) is 4.50. The van der Waals surface area contributed by atoms with E-state index in [0.717, 1.165) is 10.6 Å². The average Bonchev–Trinajstić information content (AvgIpc) is 1.98. The first kappa shape index (κ1) is 6.11. The summed E-state index contributed by atoms with van der Waals surface area (Å²) in [6.45, 7) is 2.00. The van der Waals surface area contributed by atoms with E-state index in [4.69, 9.17) is 0 Å². The molecule has 0 N–H and O–H groups in total. The molecule has 1 heterocycles. The minimum atomic E-state index is 0.910. The Morgan fingerprint density at radius 1 is 1.62 bits per heavy atom. The first-order valence-electron chi connectivity index (χ1n) is 2.28. The monoisotopic (exact) mass is 145 g/mol. The molecule has 8 heavy (non-hydrogen) atoms. The summed E-state index contributed by atoms with van der Waals surface area (Å²) in [5, 5.41) is 0.910. The second-order valence-electron chi connectivity index (χ2n) is 1.67. The van der Waals surface area contributed by atoms with Gasteiger partial charge < -0.3 is 0 Å². The van der Waals surface area contributed by atoms with Crippen molar-refractivity contribution >= 4 is 25.4 Å². The molecule has 0 bridgehead atoms. The van der Waals surface area contributed by atoms with Crippen molar-refractivity contribution in [1.82, 2.24) is 3.97 Å². The molecular weight excluding hydrogens is 138 g/mol. The maximum absolute atomic E-state index is 4.15. The van der Waals surface area contributed by atoms with Crippen molar-refractivity contribution in [3.05, 3.63) is 17.8 Å². The lowest BCUT2D eigenvalue weighted by Crippen LogP contribution is -1.75. The summed E-state index contributed by atoms with van der Waals surface area (Å²) in [5.41, 5.74) is 1.16. The Labute approximate surface area is 59.7 Å². The van der Waals surface area contributed by atoms with Crippen LogP contribution < -0.4 is 0 Å². The van der Waals surface area contributed by atoms with E-state index in [0.29, 0.717) is 0 Å². The molecule has 3 heteroatoms. The number of hydrogen-bond acceptors (Lipinski definition) is 2. The number of rotatable bonds is 0. The summed E-state index contributed by atoms with van der Waals surface area (Å²) in [4.78, 5) is 0. The fourth-order valence-corrected chi connectivity index (χ4v) is 0.874. The predicted molar refractivity (Wildman–Crippen MR) is 40.8 cm³/mol.